The molecule has 0 aliphatic carbocycles. The number of hydrogen-bond donors (Lipinski definition) is 0. The second-order valence-electron chi connectivity index (χ2n) is 6.72. The molecule has 1 radical (unpaired) electrons. The Kier molecular flexibility index (Phi) is 10.4. The molecule has 0 saturated carbocycles. The van der Waals surface area contributed by atoms with Crippen LogP contribution in [-0.2, 0) is 17.1 Å². The summed E-state index contributed by atoms with van der Waals surface area (Å²) in [6.45, 7) is 5.07. The first kappa shape index (κ1) is 25.9. The Morgan fingerprint density at radius 3 is 1.50 bits per heavy atom. The van der Waals surface area contributed by atoms with Gasteiger partial charge in [-0.1, -0.05) is 89.1 Å². The smallest absolute Gasteiger partial charge is 0.871 e. The average molecular weight is 688 g/mol. The zero-order chi connectivity index (χ0) is 20.2. The van der Waals surface area contributed by atoms with Gasteiger partial charge in [0, 0.05) is 48.8 Å². The van der Waals surface area contributed by atoms with Gasteiger partial charge in [-0.25, -0.2) is 0 Å². The standard InChI is InChI=1S/C19H18Br4N2O2.Cu/c1-19(2,9-24-7-11-3-13(20)5-15(22)17(11)26)10-25-8-12-4-14(21)6-16(23)18(12)27;/h3-8,26-27H,9-10H2,1-2H3;/q;+2/p-2. The maximum absolute atomic E-state index is 12.1. The Hall–Kier alpha value is -0.181. The van der Waals surface area contributed by atoms with Crippen LogP contribution in [0.4, 0.5) is 0 Å². The van der Waals surface area contributed by atoms with Crippen LogP contribution in [0.2, 0.25) is 0 Å². The molecule has 4 nitrogen and oxygen atoms in total. The number of nitrogens with zero attached hydrogens (tertiary/aromatic N) is 2. The molecule has 0 aliphatic heterocycles. The molecule has 0 bridgehead atoms. The maximum atomic E-state index is 12.1. The summed E-state index contributed by atoms with van der Waals surface area (Å²) < 4.78 is 2.62. The summed E-state index contributed by atoms with van der Waals surface area (Å²) >= 11 is 13.2. The quantitative estimate of drug-likeness (QED) is 0.300. The normalized spacial score (nSPS) is 11.9. The van der Waals surface area contributed by atoms with Crippen molar-refractivity contribution in [2.75, 3.05) is 13.1 Å². The third-order valence-electron chi connectivity index (χ3n) is 3.57. The summed E-state index contributed by atoms with van der Waals surface area (Å²) in [6, 6.07) is 6.90. The molecule has 2 aromatic carbocycles. The summed E-state index contributed by atoms with van der Waals surface area (Å²) in [6.07, 6.45) is 3.18. The van der Waals surface area contributed by atoms with Crippen LogP contribution in [0.25, 0.3) is 0 Å². The van der Waals surface area contributed by atoms with Crippen LogP contribution in [0.3, 0.4) is 0 Å². The minimum atomic E-state index is -0.217. The monoisotopic (exact) mass is 683 g/mol. The van der Waals surface area contributed by atoms with Crippen molar-refractivity contribution in [1.29, 1.82) is 0 Å². The molecule has 0 aliphatic rings. The van der Waals surface area contributed by atoms with Gasteiger partial charge in [-0.3, -0.25) is 9.98 Å². The zero-order valence-electron chi connectivity index (χ0n) is 14.9. The van der Waals surface area contributed by atoms with Crippen LogP contribution >= 0.6 is 63.7 Å². The Morgan fingerprint density at radius 1 is 0.786 bits per heavy atom. The van der Waals surface area contributed by atoms with Gasteiger partial charge in [-0.05, 0) is 35.4 Å². The van der Waals surface area contributed by atoms with E-state index >= 15 is 0 Å². The van der Waals surface area contributed by atoms with Crippen molar-refractivity contribution >= 4 is 76.1 Å². The van der Waals surface area contributed by atoms with Gasteiger partial charge in [0.15, 0.2) is 0 Å². The van der Waals surface area contributed by atoms with Crippen LogP contribution < -0.4 is 10.2 Å². The Bertz CT molecular complexity index is 830. The van der Waals surface area contributed by atoms with Gasteiger partial charge < -0.3 is 10.2 Å². The summed E-state index contributed by atoms with van der Waals surface area (Å²) in [4.78, 5) is 8.82. The van der Waals surface area contributed by atoms with E-state index in [0.717, 1.165) is 8.95 Å². The summed E-state index contributed by atoms with van der Waals surface area (Å²) in [7, 11) is 0. The van der Waals surface area contributed by atoms with Crippen molar-refractivity contribution in [1.82, 2.24) is 0 Å². The Balaban J connectivity index is 0.00000392. The van der Waals surface area contributed by atoms with Crippen LogP contribution in [0.1, 0.15) is 25.0 Å². The largest absolute Gasteiger partial charge is 2.00 e. The van der Waals surface area contributed by atoms with Gasteiger partial charge in [0.25, 0.3) is 0 Å². The third-order valence-corrected chi connectivity index (χ3v) is 5.67. The fraction of sp³-hybridized carbons (Fsp3) is 0.263. The van der Waals surface area contributed by atoms with E-state index in [9.17, 15) is 10.2 Å². The van der Waals surface area contributed by atoms with Crippen molar-refractivity contribution in [3.8, 4) is 11.5 Å². The first-order valence-corrected chi connectivity index (χ1v) is 11.1. The molecular formula is C19H16Br4CuN2O2. The number of hydrogen-bond acceptors (Lipinski definition) is 4. The van der Waals surface area contributed by atoms with Gasteiger partial charge in [-0.15, -0.1) is 0 Å². The first-order chi connectivity index (χ1) is 12.6. The van der Waals surface area contributed by atoms with Crippen molar-refractivity contribution in [3.63, 3.8) is 0 Å². The molecule has 153 valence electrons. The topological polar surface area (TPSA) is 70.8 Å². The van der Waals surface area contributed by atoms with Crippen molar-refractivity contribution in [2.45, 2.75) is 13.8 Å². The maximum Gasteiger partial charge on any atom is 2.00 e. The minimum absolute atomic E-state index is 0. The Morgan fingerprint density at radius 2 is 1.14 bits per heavy atom. The number of halogens is 4. The van der Waals surface area contributed by atoms with Crippen LogP contribution in [-0.4, -0.2) is 25.5 Å². The molecule has 0 aromatic heterocycles. The van der Waals surface area contributed by atoms with E-state index in [0.29, 0.717) is 33.2 Å². The van der Waals surface area contributed by atoms with Crippen LogP contribution in [0, 0.1) is 5.41 Å². The number of rotatable bonds is 6. The van der Waals surface area contributed by atoms with Crippen molar-refractivity contribution in [3.05, 3.63) is 53.3 Å². The summed E-state index contributed by atoms with van der Waals surface area (Å²) in [5, 5.41) is 24.1. The van der Waals surface area contributed by atoms with Gasteiger partial charge in [-0.2, -0.15) is 0 Å². The predicted octanol–water partition coefficient (Wildman–Crippen LogP) is 5.45. The van der Waals surface area contributed by atoms with Gasteiger partial charge in [0.05, 0.1) is 0 Å². The Labute approximate surface area is 208 Å². The average Bonchev–Trinajstić information content (AvgIpc) is 2.56. The molecule has 9 heteroatoms. The van der Waals surface area contributed by atoms with E-state index in [4.69, 9.17) is 0 Å². The van der Waals surface area contributed by atoms with E-state index in [1.54, 1.807) is 36.7 Å². The molecule has 2 rings (SSSR count). The van der Waals surface area contributed by atoms with E-state index in [1.165, 1.54) is 0 Å². The zero-order valence-corrected chi connectivity index (χ0v) is 22.2. The SMILES string of the molecule is CC(C)(CN=Cc1cc(Br)cc(Br)c1[O-])CN=Cc1cc(Br)cc(Br)c1[O-].[Cu+2]. The van der Waals surface area contributed by atoms with E-state index in [1.807, 2.05) is 13.8 Å². The summed E-state index contributed by atoms with van der Waals surface area (Å²) in [5.74, 6) is -0.193. The van der Waals surface area contributed by atoms with Crippen molar-refractivity contribution in [2.24, 2.45) is 15.4 Å². The second-order valence-corrected chi connectivity index (χ2v) is 10.3. The van der Waals surface area contributed by atoms with E-state index in [2.05, 4.69) is 73.7 Å². The van der Waals surface area contributed by atoms with Gasteiger partial charge >= 0.3 is 17.1 Å². The molecule has 0 amide bonds. The third kappa shape index (κ3) is 7.58. The van der Waals surface area contributed by atoms with Gasteiger partial charge in [0.1, 0.15) is 0 Å². The minimum Gasteiger partial charge on any atom is -0.871 e. The summed E-state index contributed by atoms with van der Waals surface area (Å²) in [5.41, 5.74) is 0.821. The van der Waals surface area contributed by atoms with Gasteiger partial charge in [0.2, 0.25) is 0 Å². The molecule has 0 fully saturated rings. The van der Waals surface area contributed by atoms with Crippen molar-refractivity contribution < 1.29 is 27.3 Å². The fourth-order valence-corrected chi connectivity index (χ4v) is 4.70. The number of benzene rings is 2. The molecule has 0 saturated heterocycles. The second kappa shape index (κ2) is 11.3. The molecule has 0 spiro atoms. The van der Waals surface area contributed by atoms with E-state index in [-0.39, 0.29) is 34.0 Å². The molecule has 0 atom stereocenters. The number of aliphatic imine (C=N–C) groups is 2. The fourth-order valence-electron chi connectivity index (χ4n) is 2.18. The predicted molar refractivity (Wildman–Crippen MR) is 121 cm³/mol. The molecule has 0 N–H and O–H groups in total. The molecule has 0 heterocycles. The molecule has 0 unspecified atom stereocenters. The van der Waals surface area contributed by atoms with Crippen LogP contribution in [0.5, 0.6) is 11.5 Å². The molecule has 28 heavy (non-hydrogen) atoms. The van der Waals surface area contributed by atoms with E-state index < -0.39 is 0 Å². The van der Waals surface area contributed by atoms with Crippen LogP contribution in [0.15, 0.2) is 52.1 Å². The molecule has 2 aromatic rings. The molecular weight excluding hydrogens is 671 g/mol. The first-order valence-electron chi connectivity index (χ1n) is 7.91.